The highest BCUT2D eigenvalue weighted by molar-refractivity contribution is 5.85. The van der Waals surface area contributed by atoms with Crippen molar-refractivity contribution in [3.8, 4) is 11.3 Å². The minimum Gasteiger partial charge on any atom is -0.303 e. The third-order valence-electron chi connectivity index (χ3n) is 6.81. The fraction of sp³-hybridized carbons (Fsp3) is 0.333. The fourth-order valence-electron chi connectivity index (χ4n) is 4.98. The van der Waals surface area contributed by atoms with Crippen LogP contribution in [0.1, 0.15) is 47.7 Å². The molecule has 0 amide bonds. The van der Waals surface area contributed by atoms with Crippen molar-refractivity contribution in [1.29, 1.82) is 0 Å². The molecule has 0 unspecified atom stereocenters. The quantitative estimate of drug-likeness (QED) is 0.468. The Hall–Kier alpha value is -2.99. The second kappa shape index (κ2) is 8.75. The van der Waals surface area contributed by atoms with Crippen LogP contribution in [-0.2, 0) is 19.0 Å². The summed E-state index contributed by atoms with van der Waals surface area (Å²) in [5.74, 6) is 0. The summed E-state index contributed by atoms with van der Waals surface area (Å²) in [5, 5.41) is 0. The molecule has 1 aliphatic heterocycles. The van der Waals surface area contributed by atoms with Gasteiger partial charge >= 0.3 is 6.18 Å². The molecule has 170 valence electrons. The number of rotatable bonds is 2. The van der Waals surface area contributed by atoms with E-state index >= 15 is 0 Å². The second-order valence-electron chi connectivity index (χ2n) is 8.72. The number of aromatic nitrogens is 2. The number of likely N-dealkylation sites (tertiary alicyclic amines) is 1. The molecule has 1 saturated heterocycles. The van der Waals surface area contributed by atoms with E-state index in [1.165, 1.54) is 22.9 Å². The summed E-state index contributed by atoms with van der Waals surface area (Å²) in [4.78, 5) is 11.5. The van der Waals surface area contributed by atoms with Crippen LogP contribution in [0.5, 0.6) is 0 Å². The predicted molar refractivity (Wildman–Crippen MR) is 124 cm³/mol. The first-order valence-corrected chi connectivity index (χ1v) is 11.5. The molecule has 3 aromatic rings. The van der Waals surface area contributed by atoms with Crippen LogP contribution in [0.25, 0.3) is 16.8 Å². The molecule has 0 atom stereocenters. The Balaban J connectivity index is 1.61. The van der Waals surface area contributed by atoms with Gasteiger partial charge in [-0.15, -0.1) is 0 Å². The van der Waals surface area contributed by atoms with Crippen molar-refractivity contribution < 1.29 is 13.2 Å². The number of hydrogen-bond acceptors (Lipinski definition) is 3. The van der Waals surface area contributed by atoms with E-state index in [0.717, 1.165) is 74.3 Å². The molecule has 0 radical (unpaired) electrons. The van der Waals surface area contributed by atoms with Gasteiger partial charge in [0.15, 0.2) is 0 Å². The summed E-state index contributed by atoms with van der Waals surface area (Å²) in [6.07, 6.45) is 2.39. The molecular weight excluding hydrogens is 423 g/mol. The average molecular weight is 450 g/mol. The smallest absolute Gasteiger partial charge is 0.303 e. The van der Waals surface area contributed by atoms with Gasteiger partial charge in [0.1, 0.15) is 0 Å². The summed E-state index contributed by atoms with van der Waals surface area (Å²) in [6.45, 7) is 5.33. The molecule has 6 heteroatoms. The Kier molecular flexibility index (Phi) is 5.79. The standard InChI is InChI=1S/C27H26F3N3/c1-2-33-14-10-18(11-15-33)25-23-8-7-21(24-17-22(9-13-31-24)27(28,29)30)16-20(23)6-5-19-4-3-12-32-26(19)25/h3-4,7-9,12-13,16-17H,2,5-6,10-11,14-15H2,1H3. The van der Waals surface area contributed by atoms with E-state index in [0.29, 0.717) is 11.3 Å². The van der Waals surface area contributed by atoms with Crippen LogP contribution in [-0.4, -0.2) is 34.5 Å². The van der Waals surface area contributed by atoms with E-state index in [4.69, 9.17) is 4.98 Å². The van der Waals surface area contributed by atoms with Crippen LogP contribution < -0.4 is 0 Å². The summed E-state index contributed by atoms with van der Waals surface area (Å²) >= 11 is 0. The summed E-state index contributed by atoms with van der Waals surface area (Å²) in [5.41, 5.74) is 7.61. The first-order chi connectivity index (χ1) is 15.9. The third kappa shape index (κ3) is 4.32. The van der Waals surface area contributed by atoms with Gasteiger partial charge in [-0.2, -0.15) is 13.2 Å². The zero-order valence-corrected chi connectivity index (χ0v) is 18.6. The van der Waals surface area contributed by atoms with Crippen molar-refractivity contribution in [3.63, 3.8) is 0 Å². The first-order valence-electron chi connectivity index (χ1n) is 11.5. The van der Waals surface area contributed by atoms with E-state index in [-0.39, 0.29) is 0 Å². The van der Waals surface area contributed by atoms with Gasteiger partial charge in [-0.25, -0.2) is 0 Å². The molecule has 2 aromatic heterocycles. The van der Waals surface area contributed by atoms with Crippen LogP contribution in [0.2, 0.25) is 0 Å². The minimum atomic E-state index is -4.39. The van der Waals surface area contributed by atoms with E-state index in [9.17, 15) is 13.2 Å². The zero-order chi connectivity index (χ0) is 23.0. The second-order valence-corrected chi connectivity index (χ2v) is 8.72. The van der Waals surface area contributed by atoms with Crippen molar-refractivity contribution in [2.45, 2.75) is 38.8 Å². The van der Waals surface area contributed by atoms with Crippen molar-refractivity contribution >= 4 is 5.57 Å². The van der Waals surface area contributed by atoms with Crippen molar-refractivity contribution in [3.05, 3.63) is 88.4 Å². The van der Waals surface area contributed by atoms with Crippen LogP contribution >= 0.6 is 0 Å². The minimum absolute atomic E-state index is 0.345. The largest absolute Gasteiger partial charge is 0.416 e. The molecule has 0 N–H and O–H groups in total. The molecule has 3 heterocycles. The number of nitrogens with zero attached hydrogens (tertiary/aromatic N) is 3. The van der Waals surface area contributed by atoms with Gasteiger partial charge < -0.3 is 4.90 Å². The Morgan fingerprint density at radius 2 is 1.67 bits per heavy atom. The molecular formula is C27H26F3N3. The SMILES string of the molecule is CCN1CCC(=C2c3ccc(-c4cc(C(F)(F)F)ccn4)cc3CCc3cccnc32)CC1. The van der Waals surface area contributed by atoms with E-state index in [1.54, 1.807) is 0 Å². The zero-order valence-electron chi connectivity index (χ0n) is 18.6. The molecule has 0 saturated carbocycles. The summed E-state index contributed by atoms with van der Waals surface area (Å²) in [7, 11) is 0. The number of alkyl halides is 3. The van der Waals surface area contributed by atoms with E-state index in [1.807, 2.05) is 24.4 Å². The molecule has 1 aliphatic carbocycles. The highest BCUT2D eigenvalue weighted by Crippen LogP contribution is 2.39. The molecule has 3 nitrogen and oxygen atoms in total. The molecule has 1 fully saturated rings. The number of aryl methyl sites for hydroxylation is 2. The lowest BCUT2D eigenvalue weighted by molar-refractivity contribution is -0.137. The van der Waals surface area contributed by atoms with Crippen LogP contribution in [0.4, 0.5) is 13.2 Å². The van der Waals surface area contributed by atoms with E-state index < -0.39 is 11.7 Å². The average Bonchev–Trinajstić information content (AvgIpc) is 3.00. The Labute approximate surface area is 192 Å². The lowest BCUT2D eigenvalue weighted by atomic mass is 9.87. The Morgan fingerprint density at radius 3 is 2.42 bits per heavy atom. The topological polar surface area (TPSA) is 29.0 Å². The molecule has 33 heavy (non-hydrogen) atoms. The summed E-state index contributed by atoms with van der Waals surface area (Å²) < 4.78 is 39.7. The highest BCUT2D eigenvalue weighted by atomic mass is 19.4. The Bertz CT molecular complexity index is 1200. The van der Waals surface area contributed by atoms with Gasteiger partial charge in [0.05, 0.1) is 17.0 Å². The van der Waals surface area contributed by atoms with Crippen LogP contribution in [0, 0.1) is 0 Å². The maximum atomic E-state index is 13.2. The first kappa shape index (κ1) is 21.8. The number of fused-ring (bicyclic) bond motifs is 2. The number of pyridine rings is 2. The normalized spacial score (nSPS) is 16.8. The number of benzene rings is 1. The number of piperidine rings is 1. The van der Waals surface area contributed by atoms with E-state index in [2.05, 4.69) is 28.9 Å². The van der Waals surface area contributed by atoms with Crippen molar-refractivity contribution in [2.75, 3.05) is 19.6 Å². The molecule has 2 aliphatic rings. The molecule has 1 aromatic carbocycles. The predicted octanol–water partition coefficient (Wildman–Crippen LogP) is 6.18. The van der Waals surface area contributed by atoms with Gasteiger partial charge in [-0.3, -0.25) is 9.97 Å². The third-order valence-corrected chi connectivity index (χ3v) is 6.81. The lowest BCUT2D eigenvalue weighted by Crippen LogP contribution is -2.30. The monoisotopic (exact) mass is 449 g/mol. The summed E-state index contributed by atoms with van der Waals surface area (Å²) in [6, 6.07) is 12.3. The lowest BCUT2D eigenvalue weighted by Gasteiger charge is -2.29. The van der Waals surface area contributed by atoms with Crippen molar-refractivity contribution in [1.82, 2.24) is 14.9 Å². The van der Waals surface area contributed by atoms with Gasteiger partial charge in [0.25, 0.3) is 0 Å². The fourth-order valence-corrected chi connectivity index (χ4v) is 4.98. The Morgan fingerprint density at radius 1 is 0.879 bits per heavy atom. The van der Waals surface area contributed by atoms with Crippen LogP contribution in [0.15, 0.2) is 60.4 Å². The van der Waals surface area contributed by atoms with Gasteiger partial charge in [-0.05, 0) is 73.2 Å². The van der Waals surface area contributed by atoms with Gasteiger partial charge in [0.2, 0.25) is 0 Å². The molecule has 0 spiro atoms. The van der Waals surface area contributed by atoms with Gasteiger partial charge in [0, 0.05) is 36.6 Å². The molecule has 0 bridgehead atoms. The highest BCUT2D eigenvalue weighted by Gasteiger charge is 2.31. The van der Waals surface area contributed by atoms with Crippen LogP contribution in [0.3, 0.4) is 0 Å². The van der Waals surface area contributed by atoms with Gasteiger partial charge in [-0.1, -0.05) is 30.7 Å². The maximum Gasteiger partial charge on any atom is 0.416 e. The number of halogens is 3. The molecule has 5 rings (SSSR count). The van der Waals surface area contributed by atoms with Crippen molar-refractivity contribution in [2.24, 2.45) is 0 Å². The number of hydrogen-bond donors (Lipinski definition) is 0. The maximum absolute atomic E-state index is 13.2.